The minimum absolute atomic E-state index is 0.00591. The smallest absolute Gasteiger partial charge is 0.244 e. The van der Waals surface area contributed by atoms with Gasteiger partial charge in [-0.1, -0.05) is 5.57 Å². The summed E-state index contributed by atoms with van der Waals surface area (Å²) < 4.78 is 0. The van der Waals surface area contributed by atoms with E-state index < -0.39 is 5.91 Å². The van der Waals surface area contributed by atoms with E-state index in [0.29, 0.717) is 12.0 Å². The van der Waals surface area contributed by atoms with E-state index in [1.165, 1.54) is 0 Å². The van der Waals surface area contributed by atoms with Crippen LogP contribution in [-0.2, 0) is 4.79 Å². The molecule has 0 unspecified atom stereocenters. The molecule has 0 aliphatic carbocycles. The maximum atomic E-state index is 10.8. The van der Waals surface area contributed by atoms with Crippen molar-refractivity contribution in [1.82, 2.24) is 0 Å². The molecule has 0 heterocycles. The Hall–Kier alpha value is -0.870. The zero-order valence-electron chi connectivity index (χ0n) is 7.21. The molecule has 0 fully saturated rings. The fourth-order valence-corrected chi connectivity index (χ4v) is 0.977. The van der Waals surface area contributed by atoms with E-state index in [1.54, 1.807) is 6.92 Å². The third-order valence-electron chi connectivity index (χ3n) is 1.66. The van der Waals surface area contributed by atoms with Crippen LogP contribution in [0.4, 0.5) is 0 Å². The van der Waals surface area contributed by atoms with E-state index in [2.05, 4.69) is 0 Å². The molecule has 70 valence electrons. The summed E-state index contributed by atoms with van der Waals surface area (Å²) in [6, 6.07) is 0. The first-order valence-electron chi connectivity index (χ1n) is 3.83. The zero-order chi connectivity index (χ0) is 9.56. The van der Waals surface area contributed by atoms with Crippen LogP contribution in [-0.4, -0.2) is 29.3 Å². The molecule has 0 bridgehead atoms. The molecule has 0 atom stereocenters. The minimum atomic E-state index is -0.519. The molecule has 0 saturated carbocycles. The lowest BCUT2D eigenvalue weighted by Crippen LogP contribution is -2.16. The number of primary amides is 1. The molecule has 4 nitrogen and oxygen atoms in total. The molecule has 1 amide bonds. The van der Waals surface area contributed by atoms with Crippen molar-refractivity contribution in [3.05, 3.63) is 11.1 Å². The highest BCUT2D eigenvalue weighted by atomic mass is 16.3. The quantitative estimate of drug-likeness (QED) is 0.492. The van der Waals surface area contributed by atoms with E-state index in [9.17, 15) is 4.79 Å². The molecule has 4 heteroatoms. The Kier molecular flexibility index (Phi) is 5.32. The van der Waals surface area contributed by atoms with Crippen molar-refractivity contribution in [3.8, 4) is 0 Å². The normalized spacial score (nSPS) is 12.6. The number of aliphatic hydroxyl groups is 2. The van der Waals surface area contributed by atoms with Crippen LogP contribution < -0.4 is 5.73 Å². The van der Waals surface area contributed by atoms with Crippen molar-refractivity contribution in [1.29, 1.82) is 0 Å². The predicted octanol–water partition coefficient (Wildman–Crippen LogP) is -0.447. The number of rotatable bonds is 5. The van der Waals surface area contributed by atoms with Gasteiger partial charge in [-0.2, -0.15) is 0 Å². The van der Waals surface area contributed by atoms with Gasteiger partial charge in [-0.05, 0) is 13.3 Å². The summed E-state index contributed by atoms with van der Waals surface area (Å²) in [4.78, 5) is 10.8. The van der Waals surface area contributed by atoms with Crippen molar-refractivity contribution < 1.29 is 15.0 Å². The first kappa shape index (κ1) is 11.1. The van der Waals surface area contributed by atoms with Gasteiger partial charge in [-0.15, -0.1) is 0 Å². The lowest BCUT2D eigenvalue weighted by molar-refractivity contribution is -0.114. The van der Waals surface area contributed by atoms with Gasteiger partial charge in [0.1, 0.15) is 0 Å². The van der Waals surface area contributed by atoms with Gasteiger partial charge >= 0.3 is 0 Å². The summed E-state index contributed by atoms with van der Waals surface area (Å²) in [7, 11) is 0. The molecule has 0 aliphatic rings. The zero-order valence-corrected chi connectivity index (χ0v) is 7.21. The molecule has 0 aromatic carbocycles. The third-order valence-corrected chi connectivity index (χ3v) is 1.66. The van der Waals surface area contributed by atoms with E-state index >= 15 is 0 Å². The molecule has 12 heavy (non-hydrogen) atoms. The van der Waals surface area contributed by atoms with Gasteiger partial charge in [0, 0.05) is 25.2 Å². The molecule has 0 rings (SSSR count). The largest absolute Gasteiger partial charge is 0.396 e. The predicted molar refractivity (Wildman–Crippen MR) is 45.3 cm³/mol. The molecule has 4 N–H and O–H groups in total. The Morgan fingerprint density at radius 3 is 2.08 bits per heavy atom. The summed E-state index contributed by atoms with van der Waals surface area (Å²) in [5, 5.41) is 17.2. The van der Waals surface area contributed by atoms with Crippen molar-refractivity contribution >= 4 is 5.91 Å². The topological polar surface area (TPSA) is 83.6 Å². The summed E-state index contributed by atoms with van der Waals surface area (Å²) in [5.41, 5.74) is 6.24. The first-order chi connectivity index (χ1) is 5.63. The van der Waals surface area contributed by atoms with Crippen molar-refractivity contribution in [2.45, 2.75) is 19.8 Å². The number of amides is 1. The van der Waals surface area contributed by atoms with Gasteiger partial charge in [0.25, 0.3) is 0 Å². The van der Waals surface area contributed by atoms with Gasteiger partial charge < -0.3 is 15.9 Å². The van der Waals surface area contributed by atoms with Gasteiger partial charge in [-0.3, -0.25) is 4.79 Å². The summed E-state index contributed by atoms with van der Waals surface area (Å²) in [5.74, 6) is -0.519. The lowest BCUT2D eigenvalue weighted by Gasteiger charge is -2.05. The maximum Gasteiger partial charge on any atom is 0.244 e. The molecule has 0 radical (unpaired) electrons. The molecule has 0 saturated heterocycles. The highest BCUT2D eigenvalue weighted by molar-refractivity contribution is 5.92. The average molecular weight is 173 g/mol. The van der Waals surface area contributed by atoms with E-state index in [4.69, 9.17) is 15.9 Å². The number of carbonyl (C=O) groups excluding carboxylic acids is 1. The van der Waals surface area contributed by atoms with Crippen LogP contribution >= 0.6 is 0 Å². The highest BCUT2D eigenvalue weighted by Crippen LogP contribution is 2.10. The minimum Gasteiger partial charge on any atom is -0.396 e. The van der Waals surface area contributed by atoms with Crippen LogP contribution in [0, 0.1) is 0 Å². The molecule has 0 aliphatic heterocycles. The van der Waals surface area contributed by atoms with Crippen LogP contribution in [0.5, 0.6) is 0 Å². The van der Waals surface area contributed by atoms with Crippen LogP contribution in [0.1, 0.15) is 19.8 Å². The molecule has 0 spiro atoms. The monoisotopic (exact) mass is 173 g/mol. The van der Waals surface area contributed by atoms with Crippen LogP contribution in [0.25, 0.3) is 0 Å². The SMILES string of the molecule is C/C(CCO)=C(\CCO)C(N)=O. The van der Waals surface area contributed by atoms with Crippen LogP contribution in [0.15, 0.2) is 11.1 Å². The number of nitrogens with two attached hydrogens (primary N) is 1. The lowest BCUT2D eigenvalue weighted by atomic mass is 10.0. The van der Waals surface area contributed by atoms with E-state index in [0.717, 1.165) is 5.57 Å². The standard InChI is InChI=1S/C8H15NO3/c1-6(2-4-10)7(3-5-11)8(9)12/h10-11H,2-5H2,1H3,(H2,9,12)/b7-6-. The van der Waals surface area contributed by atoms with Crippen LogP contribution in [0.3, 0.4) is 0 Å². The molecular weight excluding hydrogens is 158 g/mol. The molecular formula is C8H15NO3. The first-order valence-corrected chi connectivity index (χ1v) is 3.83. The Labute approximate surface area is 71.7 Å². The van der Waals surface area contributed by atoms with Gasteiger partial charge in [-0.25, -0.2) is 0 Å². The van der Waals surface area contributed by atoms with Crippen LogP contribution in [0.2, 0.25) is 0 Å². The highest BCUT2D eigenvalue weighted by Gasteiger charge is 2.07. The second-order valence-corrected chi connectivity index (χ2v) is 2.57. The second kappa shape index (κ2) is 5.74. The fraction of sp³-hybridized carbons (Fsp3) is 0.625. The Morgan fingerprint density at radius 2 is 1.75 bits per heavy atom. The van der Waals surface area contributed by atoms with Crippen molar-refractivity contribution in [2.75, 3.05) is 13.2 Å². The average Bonchev–Trinajstić information content (AvgIpc) is 1.99. The van der Waals surface area contributed by atoms with E-state index in [-0.39, 0.29) is 19.6 Å². The number of carbonyl (C=O) groups is 1. The van der Waals surface area contributed by atoms with Gasteiger partial charge in [0.2, 0.25) is 5.91 Å². The van der Waals surface area contributed by atoms with E-state index in [1.807, 2.05) is 0 Å². The molecule has 0 aromatic heterocycles. The van der Waals surface area contributed by atoms with Crippen molar-refractivity contribution in [3.63, 3.8) is 0 Å². The second-order valence-electron chi connectivity index (χ2n) is 2.57. The fourth-order valence-electron chi connectivity index (χ4n) is 0.977. The Bertz CT molecular complexity index is 187. The maximum absolute atomic E-state index is 10.8. The Morgan fingerprint density at radius 1 is 1.25 bits per heavy atom. The Balaban J connectivity index is 4.43. The number of hydrogen-bond donors (Lipinski definition) is 3. The number of hydrogen-bond acceptors (Lipinski definition) is 3. The summed E-state index contributed by atoms with van der Waals surface area (Å²) in [6.07, 6.45) is 0.694. The summed E-state index contributed by atoms with van der Waals surface area (Å²) in [6.45, 7) is 1.63. The van der Waals surface area contributed by atoms with Gasteiger partial charge in [0.15, 0.2) is 0 Å². The summed E-state index contributed by atoms with van der Waals surface area (Å²) >= 11 is 0. The molecule has 0 aromatic rings. The third kappa shape index (κ3) is 3.50. The number of aliphatic hydroxyl groups excluding tert-OH is 2. The van der Waals surface area contributed by atoms with Crippen molar-refractivity contribution in [2.24, 2.45) is 5.73 Å². The van der Waals surface area contributed by atoms with Gasteiger partial charge in [0.05, 0.1) is 0 Å².